The number of rotatable bonds is 6. The largest absolute Gasteiger partial charge is 0.481 e. The lowest BCUT2D eigenvalue weighted by Crippen LogP contribution is -2.48. The maximum Gasteiger partial charge on any atom is 0.308 e. The zero-order chi connectivity index (χ0) is 16.7. The number of likely N-dealkylation sites (N-methyl/N-ethyl adjacent to an activating group) is 1. The summed E-state index contributed by atoms with van der Waals surface area (Å²) in [5.41, 5.74) is 0.409. The van der Waals surface area contributed by atoms with Gasteiger partial charge in [0.1, 0.15) is 0 Å². The quantitative estimate of drug-likeness (QED) is 0.849. The lowest BCUT2D eigenvalue weighted by Gasteiger charge is -2.30. The highest BCUT2D eigenvalue weighted by Crippen LogP contribution is 2.54. The van der Waals surface area contributed by atoms with Gasteiger partial charge in [-0.3, -0.25) is 4.79 Å². The number of benzene rings is 1. The van der Waals surface area contributed by atoms with Gasteiger partial charge in [-0.15, -0.1) is 0 Å². The zero-order valence-corrected chi connectivity index (χ0v) is 14.0. The summed E-state index contributed by atoms with van der Waals surface area (Å²) < 4.78 is 28.5. The van der Waals surface area contributed by atoms with E-state index in [9.17, 15) is 18.3 Å². The van der Waals surface area contributed by atoms with Crippen molar-refractivity contribution in [3.8, 4) is 0 Å². The summed E-state index contributed by atoms with van der Waals surface area (Å²) in [6.07, 6.45) is 2.34. The standard InChI is InChI=1S/C16H22N2O4S/c1-17(11-7-13-5-3-2-4-6-13)23(21,22)18-12-8-14(15(19)20)16(18)9-10-16/h2-6,14H,7-12H2,1H3,(H,19,20). The van der Waals surface area contributed by atoms with E-state index in [2.05, 4.69) is 0 Å². The number of carbonyl (C=O) groups is 1. The van der Waals surface area contributed by atoms with Crippen LogP contribution in [0.1, 0.15) is 24.8 Å². The third kappa shape index (κ3) is 2.88. The first-order valence-electron chi connectivity index (χ1n) is 7.89. The molecule has 0 amide bonds. The molecule has 0 bridgehead atoms. The molecule has 3 rings (SSSR count). The second kappa shape index (κ2) is 5.89. The Morgan fingerprint density at radius 1 is 1.35 bits per heavy atom. The van der Waals surface area contributed by atoms with E-state index in [4.69, 9.17) is 0 Å². The predicted molar refractivity (Wildman–Crippen MR) is 86.1 cm³/mol. The van der Waals surface area contributed by atoms with Gasteiger partial charge < -0.3 is 5.11 Å². The minimum atomic E-state index is -3.62. The van der Waals surface area contributed by atoms with E-state index in [-0.39, 0.29) is 0 Å². The highest BCUT2D eigenvalue weighted by atomic mass is 32.2. The number of aliphatic carboxylic acids is 1. The van der Waals surface area contributed by atoms with Crippen LogP contribution in [0.25, 0.3) is 0 Å². The van der Waals surface area contributed by atoms with Crippen LogP contribution in [0.5, 0.6) is 0 Å². The van der Waals surface area contributed by atoms with Crippen molar-refractivity contribution >= 4 is 16.2 Å². The molecular weight excluding hydrogens is 316 g/mol. The van der Waals surface area contributed by atoms with Crippen LogP contribution in [0, 0.1) is 5.92 Å². The van der Waals surface area contributed by atoms with Crippen LogP contribution in [-0.2, 0) is 21.4 Å². The minimum absolute atomic E-state index is 0.301. The minimum Gasteiger partial charge on any atom is -0.481 e. The molecule has 7 heteroatoms. The first-order chi connectivity index (χ1) is 10.9. The van der Waals surface area contributed by atoms with Crippen molar-refractivity contribution in [3.05, 3.63) is 35.9 Å². The maximum absolute atomic E-state index is 12.8. The maximum atomic E-state index is 12.8. The van der Waals surface area contributed by atoms with Gasteiger partial charge in [-0.05, 0) is 31.2 Å². The van der Waals surface area contributed by atoms with Gasteiger partial charge in [-0.2, -0.15) is 17.0 Å². The average molecular weight is 338 g/mol. The molecule has 6 nitrogen and oxygen atoms in total. The molecule has 0 radical (unpaired) electrons. The Morgan fingerprint density at radius 3 is 2.57 bits per heavy atom. The van der Waals surface area contributed by atoms with Crippen molar-refractivity contribution in [2.45, 2.75) is 31.2 Å². The van der Waals surface area contributed by atoms with Crippen molar-refractivity contribution in [2.75, 3.05) is 20.1 Å². The van der Waals surface area contributed by atoms with Crippen molar-refractivity contribution in [1.29, 1.82) is 0 Å². The molecule has 1 atom stereocenters. The summed E-state index contributed by atoms with van der Waals surface area (Å²) in [6, 6.07) is 9.73. The van der Waals surface area contributed by atoms with Gasteiger partial charge in [0.15, 0.2) is 0 Å². The lowest BCUT2D eigenvalue weighted by atomic mass is 9.99. The molecule has 1 spiro atoms. The fourth-order valence-electron chi connectivity index (χ4n) is 3.55. The molecule has 1 unspecified atom stereocenters. The van der Waals surface area contributed by atoms with Crippen molar-refractivity contribution < 1.29 is 18.3 Å². The van der Waals surface area contributed by atoms with Crippen LogP contribution in [0.4, 0.5) is 0 Å². The van der Waals surface area contributed by atoms with Gasteiger partial charge in [0, 0.05) is 20.1 Å². The van der Waals surface area contributed by atoms with Gasteiger partial charge in [0.25, 0.3) is 10.2 Å². The fourth-order valence-corrected chi connectivity index (χ4v) is 5.31. The van der Waals surface area contributed by atoms with E-state index in [1.807, 2.05) is 30.3 Å². The third-order valence-corrected chi connectivity index (χ3v) is 7.13. The molecule has 1 saturated carbocycles. The summed E-state index contributed by atoms with van der Waals surface area (Å²) in [4.78, 5) is 11.4. The second-order valence-corrected chi connectivity index (χ2v) is 8.38. The highest BCUT2D eigenvalue weighted by molar-refractivity contribution is 7.86. The Hall–Kier alpha value is -1.44. The third-order valence-electron chi connectivity index (χ3n) is 5.06. The van der Waals surface area contributed by atoms with Crippen molar-refractivity contribution in [2.24, 2.45) is 5.92 Å². The summed E-state index contributed by atoms with van der Waals surface area (Å²) in [5.74, 6) is -1.45. The van der Waals surface area contributed by atoms with Crippen molar-refractivity contribution in [3.63, 3.8) is 0 Å². The molecule has 126 valence electrons. The molecule has 1 aliphatic carbocycles. The summed E-state index contributed by atoms with van der Waals surface area (Å²) in [6.45, 7) is 0.686. The predicted octanol–water partition coefficient (Wildman–Crippen LogP) is 1.34. The Labute approximate surface area is 136 Å². The molecule has 1 saturated heterocycles. The molecule has 2 aliphatic rings. The van der Waals surface area contributed by atoms with E-state index >= 15 is 0 Å². The first-order valence-corrected chi connectivity index (χ1v) is 9.28. The van der Waals surface area contributed by atoms with E-state index < -0.39 is 27.6 Å². The smallest absolute Gasteiger partial charge is 0.308 e. The lowest BCUT2D eigenvalue weighted by molar-refractivity contribution is -0.142. The summed E-state index contributed by atoms with van der Waals surface area (Å²) >= 11 is 0. The first kappa shape index (κ1) is 16.4. The monoisotopic (exact) mass is 338 g/mol. The van der Waals surface area contributed by atoms with Crippen LogP contribution < -0.4 is 0 Å². The molecule has 2 fully saturated rings. The molecule has 0 aromatic heterocycles. The van der Waals surface area contributed by atoms with Crippen molar-refractivity contribution in [1.82, 2.24) is 8.61 Å². The number of nitrogens with zero attached hydrogens (tertiary/aromatic N) is 2. The van der Waals surface area contributed by atoms with E-state index in [1.165, 1.54) is 8.61 Å². The highest BCUT2D eigenvalue weighted by Gasteiger charge is 2.64. The van der Waals surface area contributed by atoms with Gasteiger partial charge in [0.2, 0.25) is 0 Å². The summed E-state index contributed by atoms with van der Waals surface area (Å²) in [5, 5.41) is 9.33. The van der Waals surface area contributed by atoms with Gasteiger partial charge in [-0.25, -0.2) is 0 Å². The molecular formula is C16H22N2O4S. The Balaban J connectivity index is 1.70. The number of hydrogen-bond donors (Lipinski definition) is 1. The van der Waals surface area contributed by atoms with Crippen LogP contribution in [0.15, 0.2) is 30.3 Å². The zero-order valence-electron chi connectivity index (χ0n) is 13.2. The Morgan fingerprint density at radius 2 is 2.00 bits per heavy atom. The molecule has 1 aromatic rings. The van der Waals surface area contributed by atoms with Gasteiger partial charge >= 0.3 is 5.97 Å². The SMILES string of the molecule is CN(CCc1ccccc1)S(=O)(=O)N1CCC(C(=O)O)C12CC2. The Bertz CT molecular complexity index is 685. The Kier molecular flexibility index (Phi) is 4.20. The number of carboxylic acids is 1. The topological polar surface area (TPSA) is 77.9 Å². The average Bonchev–Trinajstić information content (AvgIpc) is 3.18. The molecule has 1 N–H and O–H groups in total. The van der Waals surface area contributed by atoms with Crippen LogP contribution in [0.3, 0.4) is 0 Å². The molecule has 1 heterocycles. The van der Waals surface area contributed by atoms with Crippen LogP contribution >= 0.6 is 0 Å². The van der Waals surface area contributed by atoms with E-state index in [1.54, 1.807) is 7.05 Å². The number of hydrogen-bond acceptors (Lipinski definition) is 3. The summed E-state index contributed by atoms with van der Waals surface area (Å²) in [7, 11) is -2.05. The molecule has 1 aliphatic heterocycles. The van der Waals surface area contributed by atoms with Gasteiger partial charge in [0.05, 0.1) is 11.5 Å². The van der Waals surface area contributed by atoms with Crippen LogP contribution in [-0.4, -0.2) is 53.8 Å². The van der Waals surface area contributed by atoms with Crippen LogP contribution in [0.2, 0.25) is 0 Å². The number of carboxylic acid groups (broad SMARTS) is 1. The van der Waals surface area contributed by atoms with E-state index in [0.717, 1.165) is 5.56 Å². The molecule has 1 aromatic carbocycles. The normalized spacial score (nSPS) is 23.5. The van der Waals surface area contributed by atoms with E-state index in [0.29, 0.717) is 38.8 Å². The fraction of sp³-hybridized carbons (Fsp3) is 0.562. The second-order valence-electron chi connectivity index (χ2n) is 6.42. The molecule has 23 heavy (non-hydrogen) atoms. The van der Waals surface area contributed by atoms with Gasteiger partial charge in [-0.1, -0.05) is 30.3 Å².